The van der Waals surface area contributed by atoms with Gasteiger partial charge in [0, 0.05) is 15.7 Å². The number of aliphatic carboxylic acids is 1. The molecular weight excluding hydrogens is 381 g/mol. The highest BCUT2D eigenvalue weighted by Crippen LogP contribution is 2.21. The molecule has 1 rings (SSSR count). The van der Waals surface area contributed by atoms with E-state index in [1.165, 1.54) is 0 Å². The summed E-state index contributed by atoms with van der Waals surface area (Å²) in [5.74, 6) is -1.24. The zero-order valence-electron chi connectivity index (χ0n) is 10.7. The molecule has 0 saturated carbocycles. The van der Waals surface area contributed by atoms with E-state index in [0.717, 1.165) is 3.57 Å². The number of amides is 1. The number of carbonyl (C=O) groups is 2. The first-order valence-electron chi connectivity index (χ1n) is 5.77. The van der Waals surface area contributed by atoms with Crippen molar-refractivity contribution in [3.8, 4) is 0 Å². The molecule has 6 heteroatoms. The van der Waals surface area contributed by atoms with Crippen molar-refractivity contribution in [1.82, 2.24) is 5.32 Å². The maximum atomic E-state index is 11.9. The van der Waals surface area contributed by atoms with E-state index in [1.807, 2.05) is 0 Å². The van der Waals surface area contributed by atoms with Crippen LogP contribution in [0.4, 0.5) is 0 Å². The number of carboxylic acids is 1. The van der Waals surface area contributed by atoms with Crippen molar-refractivity contribution in [3.63, 3.8) is 0 Å². The Morgan fingerprint density at radius 2 is 2.11 bits per heavy atom. The fourth-order valence-corrected chi connectivity index (χ4v) is 1.88. The number of hydrogen-bond acceptors (Lipinski definition) is 2. The molecule has 1 atom stereocenters. The third-order valence-corrected chi connectivity index (χ3v) is 4.69. The lowest BCUT2D eigenvalue weighted by molar-refractivity contribution is -0.147. The molecule has 0 fully saturated rings. The molecule has 0 spiro atoms. The monoisotopic (exact) mass is 395 g/mol. The van der Waals surface area contributed by atoms with Crippen molar-refractivity contribution in [2.24, 2.45) is 5.41 Å². The van der Waals surface area contributed by atoms with E-state index >= 15 is 0 Å². The van der Waals surface area contributed by atoms with Gasteiger partial charge in [-0.1, -0.05) is 18.5 Å². The van der Waals surface area contributed by atoms with Crippen LogP contribution in [0.2, 0.25) is 5.02 Å². The molecule has 0 aromatic heterocycles. The first kappa shape index (κ1) is 16.2. The molecule has 0 aliphatic heterocycles. The standard InChI is InChI=1S/C13H15ClINO3/c1-3-13(2,12(18)19)7-16-11(17)8-4-5-10(15)9(14)6-8/h4-6H,3,7H2,1-2H3,(H,16,17)(H,18,19). The molecule has 1 aromatic rings. The second-order valence-electron chi connectivity index (χ2n) is 4.53. The average molecular weight is 396 g/mol. The molecule has 19 heavy (non-hydrogen) atoms. The van der Waals surface area contributed by atoms with Crippen LogP contribution in [0.25, 0.3) is 0 Å². The molecule has 0 radical (unpaired) electrons. The first-order valence-corrected chi connectivity index (χ1v) is 7.22. The Morgan fingerprint density at radius 1 is 1.47 bits per heavy atom. The molecule has 1 amide bonds. The van der Waals surface area contributed by atoms with Crippen molar-refractivity contribution in [1.29, 1.82) is 0 Å². The lowest BCUT2D eigenvalue weighted by atomic mass is 9.87. The van der Waals surface area contributed by atoms with Crippen LogP contribution in [-0.2, 0) is 4.79 Å². The van der Waals surface area contributed by atoms with Crippen LogP contribution in [0.5, 0.6) is 0 Å². The van der Waals surface area contributed by atoms with Gasteiger partial charge in [0.25, 0.3) is 5.91 Å². The zero-order chi connectivity index (χ0) is 14.6. The predicted molar refractivity (Wildman–Crippen MR) is 82.5 cm³/mol. The molecule has 0 aliphatic carbocycles. The van der Waals surface area contributed by atoms with E-state index in [0.29, 0.717) is 17.0 Å². The maximum absolute atomic E-state index is 11.9. The number of carboxylic acid groups (broad SMARTS) is 1. The highest BCUT2D eigenvalue weighted by atomic mass is 127. The highest BCUT2D eigenvalue weighted by molar-refractivity contribution is 14.1. The molecule has 0 aliphatic rings. The van der Waals surface area contributed by atoms with Crippen LogP contribution in [0, 0.1) is 8.99 Å². The topological polar surface area (TPSA) is 66.4 Å². The van der Waals surface area contributed by atoms with Crippen molar-refractivity contribution >= 4 is 46.1 Å². The summed E-state index contributed by atoms with van der Waals surface area (Å²) in [5.41, 5.74) is -0.530. The fourth-order valence-electron chi connectivity index (χ4n) is 1.37. The number of carbonyl (C=O) groups excluding carboxylic acids is 1. The lowest BCUT2D eigenvalue weighted by Gasteiger charge is -2.23. The third-order valence-electron chi connectivity index (χ3n) is 3.12. The Labute approximate surface area is 130 Å². The Kier molecular flexibility index (Phi) is 5.61. The lowest BCUT2D eigenvalue weighted by Crippen LogP contribution is -2.40. The summed E-state index contributed by atoms with van der Waals surface area (Å²) in [7, 11) is 0. The van der Waals surface area contributed by atoms with Gasteiger partial charge in [0.05, 0.1) is 10.4 Å². The second kappa shape index (κ2) is 6.56. The van der Waals surface area contributed by atoms with Gasteiger partial charge in [-0.05, 0) is 54.1 Å². The Morgan fingerprint density at radius 3 is 2.58 bits per heavy atom. The Bertz CT molecular complexity index is 507. The summed E-state index contributed by atoms with van der Waals surface area (Å²) in [6.45, 7) is 3.47. The van der Waals surface area contributed by atoms with Gasteiger partial charge in [-0.2, -0.15) is 0 Å². The van der Waals surface area contributed by atoms with Crippen molar-refractivity contribution in [2.75, 3.05) is 6.54 Å². The molecule has 0 saturated heterocycles. The van der Waals surface area contributed by atoms with Crippen LogP contribution in [0.1, 0.15) is 30.6 Å². The van der Waals surface area contributed by atoms with Crippen molar-refractivity contribution in [3.05, 3.63) is 32.4 Å². The Balaban J connectivity index is 2.75. The summed E-state index contributed by atoms with van der Waals surface area (Å²) < 4.78 is 0.861. The van der Waals surface area contributed by atoms with Crippen molar-refractivity contribution < 1.29 is 14.7 Å². The molecule has 4 nitrogen and oxygen atoms in total. The zero-order valence-corrected chi connectivity index (χ0v) is 13.6. The highest BCUT2D eigenvalue weighted by Gasteiger charge is 2.31. The summed E-state index contributed by atoms with van der Waals surface area (Å²) in [5, 5.41) is 12.3. The molecular formula is C13H15ClINO3. The largest absolute Gasteiger partial charge is 0.481 e. The van der Waals surface area contributed by atoms with Crippen LogP contribution in [-0.4, -0.2) is 23.5 Å². The van der Waals surface area contributed by atoms with Crippen LogP contribution >= 0.6 is 34.2 Å². The smallest absolute Gasteiger partial charge is 0.311 e. The predicted octanol–water partition coefficient (Wildman–Crippen LogP) is 3.18. The molecule has 2 N–H and O–H groups in total. The van der Waals surface area contributed by atoms with Gasteiger partial charge in [-0.25, -0.2) is 0 Å². The van der Waals surface area contributed by atoms with Gasteiger partial charge in [0.2, 0.25) is 0 Å². The molecule has 104 valence electrons. The van der Waals surface area contributed by atoms with Crippen LogP contribution in [0.15, 0.2) is 18.2 Å². The van der Waals surface area contributed by atoms with Crippen molar-refractivity contribution in [2.45, 2.75) is 20.3 Å². The number of nitrogens with one attached hydrogen (secondary N) is 1. The third kappa shape index (κ3) is 4.07. The molecule has 1 aromatic carbocycles. The van der Waals surface area contributed by atoms with Gasteiger partial charge < -0.3 is 10.4 Å². The molecule has 0 bridgehead atoms. The fraction of sp³-hybridized carbons (Fsp3) is 0.385. The molecule has 1 unspecified atom stereocenters. The Hall–Kier alpha value is -0.820. The minimum absolute atomic E-state index is 0.0846. The van der Waals surface area contributed by atoms with Crippen LogP contribution < -0.4 is 5.32 Å². The normalized spacial score (nSPS) is 13.7. The van der Waals surface area contributed by atoms with Gasteiger partial charge in [0.1, 0.15) is 0 Å². The SMILES string of the molecule is CCC(C)(CNC(=O)c1ccc(I)c(Cl)c1)C(=O)O. The van der Waals surface area contributed by atoms with Gasteiger partial charge >= 0.3 is 5.97 Å². The van der Waals surface area contributed by atoms with E-state index in [2.05, 4.69) is 27.9 Å². The minimum atomic E-state index is -0.956. The summed E-state index contributed by atoms with van der Waals surface area (Å²) in [4.78, 5) is 23.1. The van der Waals surface area contributed by atoms with E-state index in [1.54, 1.807) is 32.0 Å². The quantitative estimate of drug-likeness (QED) is 0.753. The van der Waals surface area contributed by atoms with Gasteiger partial charge in [-0.3, -0.25) is 9.59 Å². The van der Waals surface area contributed by atoms with E-state index in [9.17, 15) is 9.59 Å². The summed E-state index contributed by atoms with van der Waals surface area (Å²) >= 11 is 8.02. The second-order valence-corrected chi connectivity index (χ2v) is 6.10. The number of halogens is 2. The molecule has 0 heterocycles. The maximum Gasteiger partial charge on any atom is 0.311 e. The van der Waals surface area contributed by atoms with Gasteiger partial charge in [-0.15, -0.1) is 0 Å². The minimum Gasteiger partial charge on any atom is -0.481 e. The first-order chi connectivity index (χ1) is 8.80. The van der Waals surface area contributed by atoms with Gasteiger partial charge in [0.15, 0.2) is 0 Å². The van der Waals surface area contributed by atoms with E-state index < -0.39 is 11.4 Å². The average Bonchev–Trinajstić information content (AvgIpc) is 2.38. The summed E-state index contributed by atoms with van der Waals surface area (Å²) in [6, 6.07) is 4.98. The number of hydrogen-bond donors (Lipinski definition) is 2. The number of rotatable bonds is 5. The van der Waals surface area contributed by atoms with E-state index in [4.69, 9.17) is 16.7 Å². The summed E-state index contributed by atoms with van der Waals surface area (Å²) in [6.07, 6.45) is 0.441. The van der Waals surface area contributed by atoms with E-state index in [-0.39, 0.29) is 12.5 Å². The van der Waals surface area contributed by atoms with Crippen LogP contribution in [0.3, 0.4) is 0 Å². The number of benzene rings is 1.